The molecule has 0 aliphatic carbocycles. The lowest BCUT2D eigenvalue weighted by Crippen LogP contribution is -1.99. The Morgan fingerprint density at radius 1 is 1.26 bits per heavy atom. The molecule has 1 N–H and O–H groups in total. The van der Waals surface area contributed by atoms with Crippen molar-refractivity contribution < 1.29 is 4.74 Å². The largest absolute Gasteiger partial charge is 0.494 e. The molecular weight excluding hydrogens is 240 g/mol. The van der Waals surface area contributed by atoms with Crippen molar-refractivity contribution in [3.8, 4) is 23.2 Å². The average Bonchev–Trinajstić information content (AvgIpc) is 2.47. The van der Waals surface area contributed by atoms with Crippen LogP contribution in [0.3, 0.4) is 0 Å². The quantitative estimate of drug-likeness (QED) is 0.907. The third kappa shape index (κ3) is 2.99. The fraction of sp³-hybridized carbons (Fsp3) is 0.214. The molecule has 1 aromatic carbocycles. The van der Waals surface area contributed by atoms with Crippen LogP contribution in [-0.2, 0) is 0 Å². The first-order chi connectivity index (χ1) is 9.26. The summed E-state index contributed by atoms with van der Waals surface area (Å²) >= 11 is 0. The number of aromatic nitrogens is 2. The highest BCUT2D eigenvalue weighted by atomic mass is 16.5. The third-order valence-corrected chi connectivity index (χ3v) is 2.52. The molecule has 19 heavy (non-hydrogen) atoms. The van der Waals surface area contributed by atoms with Gasteiger partial charge in [-0.2, -0.15) is 5.26 Å². The molecule has 0 saturated carbocycles. The number of nitriles is 1. The molecule has 1 heterocycles. The Labute approximate surface area is 111 Å². The number of benzene rings is 1. The van der Waals surface area contributed by atoms with Crippen molar-refractivity contribution in [1.82, 2.24) is 9.97 Å². The van der Waals surface area contributed by atoms with Gasteiger partial charge in [0.2, 0.25) is 0 Å². The molecule has 5 heteroatoms. The van der Waals surface area contributed by atoms with E-state index < -0.39 is 0 Å². The minimum Gasteiger partial charge on any atom is -0.494 e. The van der Waals surface area contributed by atoms with E-state index in [0.29, 0.717) is 23.9 Å². The number of hydrogen-bond donors (Lipinski definition) is 1. The van der Waals surface area contributed by atoms with Gasteiger partial charge in [-0.05, 0) is 31.2 Å². The molecule has 0 atom stereocenters. The van der Waals surface area contributed by atoms with E-state index in [1.54, 1.807) is 13.1 Å². The zero-order chi connectivity index (χ0) is 13.7. The van der Waals surface area contributed by atoms with Crippen molar-refractivity contribution in [3.05, 3.63) is 36.0 Å². The summed E-state index contributed by atoms with van der Waals surface area (Å²) in [7, 11) is 1.76. The highest BCUT2D eigenvalue weighted by molar-refractivity contribution is 5.59. The smallest absolute Gasteiger partial charge is 0.162 e. The van der Waals surface area contributed by atoms with E-state index in [-0.39, 0.29) is 0 Å². The number of nitrogens with one attached hydrogen (secondary N) is 1. The van der Waals surface area contributed by atoms with E-state index in [4.69, 9.17) is 10.00 Å². The summed E-state index contributed by atoms with van der Waals surface area (Å²) < 4.78 is 5.38. The van der Waals surface area contributed by atoms with E-state index >= 15 is 0 Å². The summed E-state index contributed by atoms with van der Waals surface area (Å²) in [4.78, 5) is 8.52. The Morgan fingerprint density at radius 2 is 2.00 bits per heavy atom. The number of anilines is 1. The van der Waals surface area contributed by atoms with Crippen LogP contribution >= 0.6 is 0 Å². The Hall–Kier alpha value is -2.61. The first kappa shape index (κ1) is 12.8. The van der Waals surface area contributed by atoms with Gasteiger partial charge in [-0.3, -0.25) is 0 Å². The molecule has 0 spiro atoms. The first-order valence-corrected chi connectivity index (χ1v) is 5.97. The van der Waals surface area contributed by atoms with Crippen LogP contribution in [0.1, 0.15) is 12.6 Å². The van der Waals surface area contributed by atoms with E-state index in [0.717, 1.165) is 11.3 Å². The lowest BCUT2D eigenvalue weighted by Gasteiger charge is -2.06. The second-order valence-electron chi connectivity index (χ2n) is 3.78. The van der Waals surface area contributed by atoms with Crippen LogP contribution in [0.25, 0.3) is 11.4 Å². The van der Waals surface area contributed by atoms with E-state index in [1.807, 2.05) is 37.3 Å². The molecule has 0 radical (unpaired) electrons. The van der Waals surface area contributed by atoms with Crippen LogP contribution in [0.5, 0.6) is 5.75 Å². The topological polar surface area (TPSA) is 70.8 Å². The van der Waals surface area contributed by atoms with E-state index in [9.17, 15) is 0 Å². The minimum atomic E-state index is 0.336. The maximum absolute atomic E-state index is 8.95. The van der Waals surface area contributed by atoms with E-state index in [2.05, 4.69) is 15.3 Å². The lowest BCUT2D eigenvalue weighted by atomic mass is 10.2. The monoisotopic (exact) mass is 254 g/mol. The van der Waals surface area contributed by atoms with Crippen LogP contribution in [-0.4, -0.2) is 23.6 Å². The Bertz CT molecular complexity index is 602. The Morgan fingerprint density at radius 3 is 2.58 bits per heavy atom. The first-order valence-electron chi connectivity index (χ1n) is 5.97. The van der Waals surface area contributed by atoms with Gasteiger partial charge in [0.05, 0.1) is 6.61 Å². The van der Waals surface area contributed by atoms with Crippen LogP contribution in [0.4, 0.5) is 5.82 Å². The number of ether oxygens (including phenoxy) is 1. The summed E-state index contributed by atoms with van der Waals surface area (Å²) in [5, 5.41) is 11.9. The molecule has 2 aromatic rings. The molecule has 0 bridgehead atoms. The van der Waals surface area contributed by atoms with Crippen molar-refractivity contribution in [2.24, 2.45) is 0 Å². The van der Waals surface area contributed by atoms with Gasteiger partial charge in [0, 0.05) is 18.7 Å². The fourth-order valence-electron chi connectivity index (χ4n) is 1.63. The van der Waals surface area contributed by atoms with Gasteiger partial charge < -0.3 is 10.1 Å². The van der Waals surface area contributed by atoms with Crippen LogP contribution < -0.4 is 10.1 Å². The zero-order valence-corrected chi connectivity index (χ0v) is 10.8. The molecule has 0 aliphatic rings. The second kappa shape index (κ2) is 5.83. The highest BCUT2D eigenvalue weighted by Crippen LogP contribution is 2.21. The summed E-state index contributed by atoms with van der Waals surface area (Å²) in [5.74, 6) is 1.94. The molecule has 0 fully saturated rings. The standard InChI is InChI=1S/C14H14N4O/c1-3-19-12-6-4-10(5-7-12)14-17-11(9-15)8-13(16-2)18-14/h4-8H,3H2,1-2H3,(H,16,17,18). The van der Waals surface area contributed by atoms with Gasteiger partial charge in [-0.25, -0.2) is 9.97 Å². The molecule has 1 aromatic heterocycles. The normalized spacial score (nSPS) is 9.74. The molecule has 2 rings (SSSR count). The summed E-state index contributed by atoms with van der Waals surface area (Å²) in [6.07, 6.45) is 0. The summed E-state index contributed by atoms with van der Waals surface area (Å²) in [6.45, 7) is 2.57. The van der Waals surface area contributed by atoms with Gasteiger partial charge in [-0.1, -0.05) is 0 Å². The van der Waals surface area contributed by atoms with Crippen LogP contribution in [0.2, 0.25) is 0 Å². The SMILES string of the molecule is CCOc1ccc(-c2nc(C#N)cc(NC)n2)cc1. The average molecular weight is 254 g/mol. The number of nitrogens with zero attached hydrogens (tertiary/aromatic N) is 3. The molecule has 0 aliphatic heterocycles. The molecule has 0 saturated heterocycles. The Balaban J connectivity index is 2.38. The van der Waals surface area contributed by atoms with Gasteiger partial charge in [0.15, 0.2) is 5.82 Å². The van der Waals surface area contributed by atoms with Gasteiger partial charge in [0.25, 0.3) is 0 Å². The van der Waals surface area contributed by atoms with Crippen molar-refractivity contribution in [3.63, 3.8) is 0 Å². The maximum atomic E-state index is 8.95. The summed E-state index contributed by atoms with van der Waals surface area (Å²) in [5.41, 5.74) is 1.18. The highest BCUT2D eigenvalue weighted by Gasteiger charge is 2.06. The van der Waals surface area contributed by atoms with Crippen molar-refractivity contribution in [2.75, 3.05) is 19.0 Å². The van der Waals surface area contributed by atoms with Crippen molar-refractivity contribution in [2.45, 2.75) is 6.92 Å². The molecule has 5 nitrogen and oxygen atoms in total. The maximum Gasteiger partial charge on any atom is 0.162 e. The minimum absolute atomic E-state index is 0.336. The van der Waals surface area contributed by atoms with Crippen molar-refractivity contribution >= 4 is 5.82 Å². The van der Waals surface area contributed by atoms with Crippen molar-refractivity contribution in [1.29, 1.82) is 5.26 Å². The predicted molar refractivity (Wildman–Crippen MR) is 72.9 cm³/mol. The molecule has 0 amide bonds. The van der Waals surface area contributed by atoms with E-state index in [1.165, 1.54) is 0 Å². The van der Waals surface area contributed by atoms with Crippen LogP contribution in [0, 0.1) is 11.3 Å². The van der Waals surface area contributed by atoms with Crippen LogP contribution in [0.15, 0.2) is 30.3 Å². The molecule has 0 unspecified atom stereocenters. The van der Waals surface area contributed by atoms with Gasteiger partial charge in [-0.15, -0.1) is 0 Å². The molecular formula is C14H14N4O. The fourth-order valence-corrected chi connectivity index (χ4v) is 1.63. The Kier molecular flexibility index (Phi) is 3.94. The van der Waals surface area contributed by atoms with Gasteiger partial charge >= 0.3 is 0 Å². The number of hydrogen-bond acceptors (Lipinski definition) is 5. The number of rotatable bonds is 4. The zero-order valence-electron chi connectivity index (χ0n) is 10.8. The molecule has 96 valence electrons. The third-order valence-electron chi connectivity index (χ3n) is 2.52. The summed E-state index contributed by atoms with van der Waals surface area (Å²) in [6, 6.07) is 11.1. The second-order valence-corrected chi connectivity index (χ2v) is 3.78. The predicted octanol–water partition coefficient (Wildman–Crippen LogP) is 2.46. The lowest BCUT2D eigenvalue weighted by molar-refractivity contribution is 0.340. The van der Waals surface area contributed by atoms with Gasteiger partial charge in [0.1, 0.15) is 23.3 Å².